The number of piperazine rings is 2. The van der Waals surface area contributed by atoms with E-state index in [1.165, 1.54) is 0 Å². The van der Waals surface area contributed by atoms with Crippen LogP contribution < -0.4 is 9.80 Å². The Balaban J connectivity index is 0.962. The van der Waals surface area contributed by atoms with Crippen LogP contribution in [0.2, 0.25) is 0 Å². The number of rotatable bonds is 10. The highest BCUT2D eigenvalue weighted by Gasteiger charge is 2.26. The molecule has 3 heterocycles. The monoisotopic (exact) mass is 633 g/mol. The predicted molar refractivity (Wildman–Crippen MR) is 187 cm³/mol. The van der Waals surface area contributed by atoms with Gasteiger partial charge < -0.3 is 24.0 Å². The Morgan fingerprint density at radius 1 is 0.766 bits per heavy atom. The number of amides is 2. The van der Waals surface area contributed by atoms with Crippen molar-refractivity contribution in [1.82, 2.24) is 14.7 Å². The van der Waals surface area contributed by atoms with Crippen molar-refractivity contribution in [2.45, 2.75) is 13.8 Å². The highest BCUT2D eigenvalue weighted by Crippen LogP contribution is 2.27. The molecule has 9 heteroatoms. The van der Waals surface area contributed by atoms with Gasteiger partial charge >= 0.3 is 0 Å². The van der Waals surface area contributed by atoms with E-state index >= 15 is 0 Å². The van der Waals surface area contributed by atoms with E-state index in [-0.39, 0.29) is 17.6 Å². The van der Waals surface area contributed by atoms with Crippen LogP contribution in [-0.2, 0) is 9.59 Å². The summed E-state index contributed by atoms with van der Waals surface area (Å²) in [5, 5.41) is 0.914. The maximum absolute atomic E-state index is 13.3. The van der Waals surface area contributed by atoms with Gasteiger partial charge in [0.15, 0.2) is 5.76 Å². The first-order valence-electron chi connectivity index (χ1n) is 16.6. The molecule has 4 aromatic rings. The summed E-state index contributed by atoms with van der Waals surface area (Å²) in [7, 11) is 0. The predicted octanol–water partition coefficient (Wildman–Crippen LogP) is 5.02. The molecular weight excluding hydrogens is 590 g/mol. The Morgan fingerprint density at radius 2 is 1.45 bits per heavy atom. The molecule has 244 valence electrons. The van der Waals surface area contributed by atoms with Gasteiger partial charge in [0.1, 0.15) is 5.58 Å². The topological polar surface area (TPSA) is 80.6 Å². The summed E-state index contributed by atoms with van der Waals surface area (Å²) < 4.78 is 5.99. The molecule has 2 aliphatic heterocycles. The average Bonchev–Trinajstić information content (AvgIpc) is 3.55. The number of ketones is 1. The van der Waals surface area contributed by atoms with E-state index < -0.39 is 0 Å². The maximum atomic E-state index is 13.3. The van der Waals surface area contributed by atoms with Gasteiger partial charge in [-0.25, -0.2) is 0 Å². The molecule has 2 aliphatic rings. The number of anilines is 2. The summed E-state index contributed by atoms with van der Waals surface area (Å²) in [6, 6.07) is 25.3. The van der Waals surface area contributed by atoms with E-state index in [1.807, 2.05) is 88.7 Å². The van der Waals surface area contributed by atoms with Gasteiger partial charge in [0.2, 0.25) is 17.6 Å². The smallest absolute Gasteiger partial charge is 0.246 e. The quantitative estimate of drug-likeness (QED) is 0.179. The molecule has 0 aliphatic carbocycles. The fraction of sp³-hybridized carbons (Fsp3) is 0.342. The molecule has 3 aromatic carbocycles. The lowest BCUT2D eigenvalue weighted by Crippen LogP contribution is -2.54. The van der Waals surface area contributed by atoms with Crippen molar-refractivity contribution in [3.8, 4) is 0 Å². The molecule has 2 fully saturated rings. The number of fused-ring (bicyclic) bond motifs is 1. The zero-order chi connectivity index (χ0) is 32.8. The number of benzene rings is 3. The van der Waals surface area contributed by atoms with Gasteiger partial charge in [0.05, 0.1) is 6.54 Å². The largest absolute Gasteiger partial charge is 0.452 e. The molecule has 0 bridgehead atoms. The Bertz CT molecular complexity index is 1710. The first kappa shape index (κ1) is 32.1. The van der Waals surface area contributed by atoms with E-state index in [1.54, 1.807) is 6.08 Å². The zero-order valence-electron chi connectivity index (χ0n) is 27.3. The van der Waals surface area contributed by atoms with Crippen molar-refractivity contribution >= 4 is 46.0 Å². The maximum Gasteiger partial charge on any atom is 0.246 e. The van der Waals surface area contributed by atoms with Gasteiger partial charge in [-0.1, -0.05) is 30.3 Å². The summed E-state index contributed by atoms with van der Waals surface area (Å²) in [6.45, 7) is 11.8. The summed E-state index contributed by atoms with van der Waals surface area (Å²) in [6.07, 6.45) is 3.47. The van der Waals surface area contributed by atoms with Crippen LogP contribution in [0.5, 0.6) is 0 Å². The average molecular weight is 634 g/mol. The molecule has 2 amide bonds. The van der Waals surface area contributed by atoms with Crippen LogP contribution in [0.1, 0.15) is 35.5 Å². The Kier molecular flexibility index (Phi) is 10.0. The third-order valence-corrected chi connectivity index (χ3v) is 9.24. The summed E-state index contributed by atoms with van der Waals surface area (Å²) >= 11 is 0. The van der Waals surface area contributed by atoms with Gasteiger partial charge in [0, 0.05) is 99.9 Å². The summed E-state index contributed by atoms with van der Waals surface area (Å²) in [5.74, 6) is 0.336. The highest BCUT2D eigenvalue weighted by atomic mass is 16.3. The van der Waals surface area contributed by atoms with Crippen LogP contribution >= 0.6 is 0 Å². The van der Waals surface area contributed by atoms with E-state index in [0.29, 0.717) is 62.7 Å². The molecular formula is C38H43N5O4. The van der Waals surface area contributed by atoms with Crippen LogP contribution in [0.25, 0.3) is 17.0 Å². The van der Waals surface area contributed by atoms with Crippen molar-refractivity contribution in [3.05, 3.63) is 102 Å². The standard InChI is InChI=1S/C38H43N5O4/c1-3-40(4-2)33-16-13-31-26-35(47-34(31)27-33)38(46)30-11-14-32(15-12-30)41-22-24-43(25-23-41)37(45)28-39-18-20-42(21-19-39)36(44)17-10-29-8-6-5-7-9-29/h5-17,26-27H,3-4,18-25,28H2,1-2H3/b17-10+. The van der Waals surface area contributed by atoms with E-state index in [4.69, 9.17) is 4.42 Å². The van der Waals surface area contributed by atoms with E-state index in [0.717, 1.165) is 48.5 Å². The second-order valence-corrected chi connectivity index (χ2v) is 12.1. The van der Waals surface area contributed by atoms with Crippen molar-refractivity contribution in [1.29, 1.82) is 0 Å². The van der Waals surface area contributed by atoms with Gasteiger partial charge in [0.25, 0.3) is 0 Å². The van der Waals surface area contributed by atoms with E-state index in [9.17, 15) is 14.4 Å². The SMILES string of the molecule is CCN(CC)c1ccc2cc(C(=O)c3ccc(N4CCN(C(=O)CN5CCN(C(=O)/C=C/c6ccccc6)CC5)CC4)cc3)oc2c1. The Labute approximate surface area is 276 Å². The molecule has 2 saturated heterocycles. The second kappa shape index (κ2) is 14.7. The lowest BCUT2D eigenvalue weighted by molar-refractivity contribution is -0.133. The molecule has 0 unspecified atom stereocenters. The molecule has 0 N–H and O–H groups in total. The van der Waals surface area contributed by atoms with Gasteiger partial charge in [-0.05, 0) is 68.0 Å². The van der Waals surface area contributed by atoms with Crippen LogP contribution in [0, 0.1) is 0 Å². The van der Waals surface area contributed by atoms with Crippen molar-refractivity contribution in [3.63, 3.8) is 0 Å². The lowest BCUT2D eigenvalue weighted by atomic mass is 10.1. The van der Waals surface area contributed by atoms with Gasteiger partial charge in [-0.15, -0.1) is 0 Å². The van der Waals surface area contributed by atoms with Gasteiger partial charge in [-0.2, -0.15) is 0 Å². The number of carbonyl (C=O) groups excluding carboxylic acids is 3. The number of carbonyl (C=O) groups is 3. The first-order valence-corrected chi connectivity index (χ1v) is 16.6. The zero-order valence-corrected chi connectivity index (χ0v) is 27.3. The molecule has 0 radical (unpaired) electrons. The molecule has 1 aromatic heterocycles. The third kappa shape index (κ3) is 7.58. The lowest BCUT2D eigenvalue weighted by Gasteiger charge is -2.38. The number of furan rings is 1. The molecule has 47 heavy (non-hydrogen) atoms. The van der Waals surface area contributed by atoms with E-state index in [2.05, 4.69) is 34.6 Å². The Hall–Kier alpha value is -4.89. The van der Waals surface area contributed by atoms with Crippen LogP contribution in [0.4, 0.5) is 11.4 Å². The van der Waals surface area contributed by atoms with Crippen LogP contribution in [0.15, 0.2) is 89.4 Å². The fourth-order valence-corrected chi connectivity index (χ4v) is 6.35. The number of nitrogens with zero attached hydrogens (tertiary/aromatic N) is 5. The minimum absolute atomic E-state index is 0.00683. The van der Waals surface area contributed by atoms with Crippen LogP contribution in [0.3, 0.4) is 0 Å². The normalized spacial score (nSPS) is 15.8. The van der Waals surface area contributed by atoms with Gasteiger partial charge in [-0.3, -0.25) is 19.3 Å². The van der Waals surface area contributed by atoms with Crippen molar-refractivity contribution in [2.75, 3.05) is 81.8 Å². The molecule has 0 saturated carbocycles. The highest BCUT2D eigenvalue weighted by molar-refractivity contribution is 6.09. The van der Waals surface area contributed by atoms with Crippen LogP contribution in [-0.4, -0.2) is 104 Å². The molecule has 0 atom stereocenters. The minimum Gasteiger partial charge on any atom is -0.452 e. The molecule has 6 rings (SSSR count). The molecule has 9 nitrogen and oxygen atoms in total. The van der Waals surface area contributed by atoms with Crippen molar-refractivity contribution in [2.24, 2.45) is 0 Å². The summed E-state index contributed by atoms with van der Waals surface area (Å²) in [5.41, 5.74) is 4.41. The summed E-state index contributed by atoms with van der Waals surface area (Å²) in [4.78, 5) is 49.4. The number of hydrogen-bond donors (Lipinski definition) is 0. The number of hydrogen-bond acceptors (Lipinski definition) is 7. The minimum atomic E-state index is -0.138. The first-order chi connectivity index (χ1) is 22.9. The van der Waals surface area contributed by atoms with Crippen molar-refractivity contribution < 1.29 is 18.8 Å². The Morgan fingerprint density at radius 3 is 2.13 bits per heavy atom. The fourth-order valence-electron chi connectivity index (χ4n) is 6.35. The third-order valence-electron chi connectivity index (χ3n) is 9.24. The molecule has 0 spiro atoms. The second-order valence-electron chi connectivity index (χ2n) is 12.1.